The molecule has 3 heterocycles. The minimum absolute atomic E-state index is 0.0747. The lowest BCUT2D eigenvalue weighted by Crippen LogP contribution is -2.17. The molecule has 0 amide bonds. The Morgan fingerprint density at radius 3 is 2.81 bits per heavy atom. The van der Waals surface area contributed by atoms with Crippen LogP contribution >= 0.6 is 0 Å². The van der Waals surface area contributed by atoms with E-state index in [1.807, 2.05) is 0 Å². The molecule has 0 aliphatic rings. The van der Waals surface area contributed by atoms with Gasteiger partial charge in [0, 0.05) is 19.4 Å². The summed E-state index contributed by atoms with van der Waals surface area (Å²) in [4.78, 5) is 14.7. The molecule has 0 radical (unpaired) electrons. The zero-order chi connectivity index (χ0) is 15.0. The summed E-state index contributed by atoms with van der Waals surface area (Å²) in [7, 11) is 3.25. The third-order valence-electron chi connectivity index (χ3n) is 2.97. The first-order chi connectivity index (χ1) is 10.1. The van der Waals surface area contributed by atoms with Crippen molar-refractivity contribution in [3.8, 4) is 23.0 Å². The zero-order valence-electron chi connectivity index (χ0n) is 11.4. The van der Waals surface area contributed by atoms with Gasteiger partial charge in [-0.1, -0.05) is 0 Å². The Balaban J connectivity index is 2.30. The van der Waals surface area contributed by atoms with Gasteiger partial charge in [-0.15, -0.1) is 10.2 Å². The summed E-state index contributed by atoms with van der Waals surface area (Å²) in [5, 5.41) is 12.1. The highest BCUT2D eigenvalue weighted by Crippen LogP contribution is 2.25. The number of ether oxygens (including phenoxy) is 1. The Morgan fingerprint density at radius 1 is 1.33 bits per heavy atom. The minimum Gasteiger partial charge on any atom is -0.494 e. The quantitative estimate of drug-likeness (QED) is 0.697. The maximum absolute atomic E-state index is 12.1. The lowest BCUT2D eigenvalue weighted by molar-refractivity contribution is 0.412. The van der Waals surface area contributed by atoms with Gasteiger partial charge in [-0.25, -0.2) is 0 Å². The molecule has 0 aromatic carbocycles. The summed E-state index contributed by atoms with van der Waals surface area (Å²) in [6.07, 6.45) is 3.25. The molecule has 9 heteroatoms. The normalized spacial score (nSPS) is 10.8. The number of rotatable bonds is 3. The van der Waals surface area contributed by atoms with Crippen molar-refractivity contribution < 1.29 is 4.74 Å². The van der Waals surface area contributed by atoms with E-state index in [0.29, 0.717) is 17.3 Å². The Hall–Kier alpha value is -3.10. The molecular weight excluding hydrogens is 274 g/mol. The molecule has 0 saturated heterocycles. The Morgan fingerprint density at radius 2 is 2.14 bits per heavy atom. The van der Waals surface area contributed by atoms with E-state index >= 15 is 0 Å². The number of pyridine rings is 1. The molecule has 9 nitrogen and oxygen atoms in total. The predicted molar refractivity (Wildman–Crippen MR) is 75.1 cm³/mol. The second kappa shape index (κ2) is 4.78. The standard InChI is InChI=1S/C12H13N7O2/c1-18-6-4-7(17-18)10-15-16-12(13)19(10)9-8(21-2)3-5-14-11(9)20/h3-6H,1-2H3,(H2,13,16)(H,14,20). The fraction of sp³-hybridized carbons (Fsp3) is 0.167. The fourth-order valence-corrected chi connectivity index (χ4v) is 2.05. The highest BCUT2D eigenvalue weighted by Gasteiger charge is 2.21. The molecule has 0 bridgehead atoms. The maximum atomic E-state index is 12.1. The van der Waals surface area contributed by atoms with E-state index in [4.69, 9.17) is 10.5 Å². The number of hydrogen-bond donors (Lipinski definition) is 2. The molecule has 0 saturated carbocycles. The average molecular weight is 287 g/mol. The van der Waals surface area contributed by atoms with E-state index in [1.54, 1.807) is 30.1 Å². The number of nitrogens with zero attached hydrogens (tertiary/aromatic N) is 5. The van der Waals surface area contributed by atoms with Crippen LogP contribution in [0.25, 0.3) is 17.2 Å². The molecule has 0 spiro atoms. The minimum atomic E-state index is -0.363. The SMILES string of the molecule is COc1cc[nH]c(=O)c1-n1c(N)nnc1-c1ccn(C)n1. The van der Waals surface area contributed by atoms with E-state index in [2.05, 4.69) is 20.3 Å². The van der Waals surface area contributed by atoms with Crippen LogP contribution in [0.5, 0.6) is 5.75 Å². The van der Waals surface area contributed by atoms with E-state index in [0.717, 1.165) is 0 Å². The number of hydrogen-bond acceptors (Lipinski definition) is 6. The number of aryl methyl sites for hydroxylation is 1. The van der Waals surface area contributed by atoms with Gasteiger partial charge in [-0.3, -0.25) is 14.0 Å². The maximum Gasteiger partial charge on any atom is 0.276 e. The Kier molecular flexibility index (Phi) is 2.94. The van der Waals surface area contributed by atoms with Crippen molar-refractivity contribution >= 4 is 5.95 Å². The molecule has 0 atom stereocenters. The number of anilines is 1. The summed E-state index contributed by atoms with van der Waals surface area (Å²) in [5.41, 5.74) is 6.25. The van der Waals surface area contributed by atoms with Gasteiger partial charge in [0.2, 0.25) is 5.95 Å². The van der Waals surface area contributed by atoms with Crippen molar-refractivity contribution in [3.63, 3.8) is 0 Å². The van der Waals surface area contributed by atoms with Gasteiger partial charge in [0.25, 0.3) is 5.56 Å². The van der Waals surface area contributed by atoms with Crippen LogP contribution in [0.3, 0.4) is 0 Å². The summed E-state index contributed by atoms with van der Waals surface area (Å²) >= 11 is 0. The van der Waals surface area contributed by atoms with Gasteiger partial charge in [0.05, 0.1) is 7.11 Å². The summed E-state index contributed by atoms with van der Waals surface area (Å²) in [6.45, 7) is 0. The van der Waals surface area contributed by atoms with Crippen LogP contribution in [-0.2, 0) is 7.05 Å². The van der Waals surface area contributed by atoms with E-state index in [9.17, 15) is 4.79 Å². The number of nitrogens with two attached hydrogens (primary N) is 1. The predicted octanol–water partition coefficient (Wildman–Crippen LogP) is -0.0531. The van der Waals surface area contributed by atoms with E-state index in [1.165, 1.54) is 17.9 Å². The van der Waals surface area contributed by atoms with Crippen molar-refractivity contribution in [2.24, 2.45) is 7.05 Å². The zero-order valence-corrected chi connectivity index (χ0v) is 11.4. The molecule has 3 rings (SSSR count). The molecule has 3 aromatic heterocycles. The Labute approximate surface area is 119 Å². The van der Waals surface area contributed by atoms with Gasteiger partial charge in [-0.2, -0.15) is 5.10 Å². The molecule has 0 unspecified atom stereocenters. The van der Waals surface area contributed by atoms with Crippen molar-refractivity contribution in [1.82, 2.24) is 29.5 Å². The summed E-state index contributed by atoms with van der Waals surface area (Å²) < 4.78 is 8.26. The average Bonchev–Trinajstić information content (AvgIpc) is 3.05. The van der Waals surface area contributed by atoms with E-state index < -0.39 is 0 Å². The second-order valence-corrected chi connectivity index (χ2v) is 4.32. The molecule has 108 valence electrons. The van der Waals surface area contributed by atoms with Crippen LogP contribution in [0.15, 0.2) is 29.3 Å². The molecule has 0 aliphatic carbocycles. The van der Waals surface area contributed by atoms with Crippen LogP contribution in [0.4, 0.5) is 5.95 Å². The van der Waals surface area contributed by atoms with Gasteiger partial charge < -0.3 is 15.5 Å². The first kappa shape index (κ1) is 12.9. The van der Waals surface area contributed by atoms with Crippen molar-refractivity contribution in [1.29, 1.82) is 0 Å². The van der Waals surface area contributed by atoms with Crippen molar-refractivity contribution in [2.75, 3.05) is 12.8 Å². The number of methoxy groups -OCH3 is 1. The molecule has 21 heavy (non-hydrogen) atoms. The van der Waals surface area contributed by atoms with Crippen LogP contribution in [-0.4, -0.2) is 36.6 Å². The lowest BCUT2D eigenvalue weighted by Gasteiger charge is -2.10. The largest absolute Gasteiger partial charge is 0.494 e. The van der Waals surface area contributed by atoms with E-state index in [-0.39, 0.29) is 17.2 Å². The van der Waals surface area contributed by atoms with Crippen LogP contribution in [0.1, 0.15) is 0 Å². The highest BCUT2D eigenvalue weighted by atomic mass is 16.5. The van der Waals surface area contributed by atoms with Gasteiger partial charge in [0.1, 0.15) is 11.4 Å². The van der Waals surface area contributed by atoms with Crippen LogP contribution < -0.4 is 16.0 Å². The number of aromatic amines is 1. The van der Waals surface area contributed by atoms with Gasteiger partial charge in [-0.05, 0) is 12.1 Å². The third kappa shape index (κ3) is 2.04. The van der Waals surface area contributed by atoms with Crippen molar-refractivity contribution in [2.45, 2.75) is 0 Å². The smallest absolute Gasteiger partial charge is 0.276 e. The molecule has 3 aromatic rings. The molecule has 3 N–H and O–H groups in total. The molecule has 0 aliphatic heterocycles. The van der Waals surface area contributed by atoms with Gasteiger partial charge in [0.15, 0.2) is 11.5 Å². The summed E-state index contributed by atoms with van der Waals surface area (Å²) in [6, 6.07) is 3.38. The van der Waals surface area contributed by atoms with Crippen molar-refractivity contribution in [3.05, 3.63) is 34.9 Å². The summed E-state index contributed by atoms with van der Waals surface area (Å²) in [5.74, 6) is 0.802. The fourth-order valence-electron chi connectivity index (χ4n) is 2.05. The Bertz CT molecular complexity index is 845. The number of aromatic nitrogens is 6. The lowest BCUT2D eigenvalue weighted by atomic mass is 10.3. The number of nitrogens with one attached hydrogen (secondary N) is 1. The number of H-pyrrole nitrogens is 1. The first-order valence-corrected chi connectivity index (χ1v) is 6.08. The topological polar surface area (TPSA) is 117 Å². The third-order valence-corrected chi connectivity index (χ3v) is 2.97. The second-order valence-electron chi connectivity index (χ2n) is 4.32. The number of nitrogen functional groups attached to an aromatic ring is 1. The highest BCUT2D eigenvalue weighted by molar-refractivity contribution is 5.59. The van der Waals surface area contributed by atoms with Gasteiger partial charge >= 0.3 is 0 Å². The first-order valence-electron chi connectivity index (χ1n) is 6.08. The molecule has 0 fully saturated rings. The van der Waals surface area contributed by atoms with Crippen LogP contribution in [0.2, 0.25) is 0 Å². The van der Waals surface area contributed by atoms with Crippen LogP contribution in [0, 0.1) is 0 Å². The monoisotopic (exact) mass is 287 g/mol. The molecular formula is C12H13N7O2.